The van der Waals surface area contributed by atoms with E-state index in [9.17, 15) is 10.2 Å². The first kappa shape index (κ1) is 26.3. The van der Waals surface area contributed by atoms with Crippen molar-refractivity contribution in [2.24, 2.45) is 4.99 Å². The number of phenolic OH excluding ortho intramolecular Hbond substituents is 2. The molecule has 0 amide bonds. The molecule has 0 spiro atoms. The second kappa shape index (κ2) is 17.0. The summed E-state index contributed by atoms with van der Waals surface area (Å²) >= 11 is 0. The molecular weight excluding hydrogens is 374 g/mol. The van der Waals surface area contributed by atoms with Gasteiger partial charge in [0.05, 0.1) is 7.11 Å². The average Bonchev–Trinajstić information content (AvgIpc) is 2.74. The van der Waals surface area contributed by atoms with E-state index < -0.39 is 0 Å². The van der Waals surface area contributed by atoms with Crippen molar-refractivity contribution in [3.8, 4) is 17.2 Å². The minimum atomic E-state index is 0.0501. The summed E-state index contributed by atoms with van der Waals surface area (Å²) in [6.07, 6.45) is 21.0. The lowest BCUT2D eigenvalue weighted by atomic mass is 10.0. The van der Waals surface area contributed by atoms with Gasteiger partial charge in [0, 0.05) is 17.8 Å². The molecule has 0 saturated heterocycles. The first-order valence-corrected chi connectivity index (χ1v) is 12.3. The smallest absolute Gasteiger partial charge is 0.167 e. The van der Waals surface area contributed by atoms with Crippen LogP contribution in [0.3, 0.4) is 0 Å². The zero-order valence-electron chi connectivity index (χ0n) is 19.7. The average molecular weight is 420 g/mol. The van der Waals surface area contributed by atoms with Gasteiger partial charge < -0.3 is 14.9 Å². The number of hydrogen-bond acceptors (Lipinski definition) is 4. The van der Waals surface area contributed by atoms with E-state index in [0.29, 0.717) is 23.4 Å². The van der Waals surface area contributed by atoms with Gasteiger partial charge in [-0.15, -0.1) is 0 Å². The van der Waals surface area contributed by atoms with E-state index in [2.05, 4.69) is 18.8 Å². The maximum absolute atomic E-state index is 10.7. The fraction of sp³-hybridized carbons (Fsp3) is 0.731. The van der Waals surface area contributed by atoms with Crippen LogP contribution in [0.15, 0.2) is 11.1 Å². The quantitative estimate of drug-likeness (QED) is 0.143. The number of unbranched alkanes of at least 4 members (excludes halogenated alkanes) is 13. The number of nitrogens with zero attached hydrogens (tertiary/aromatic N) is 1. The Morgan fingerprint density at radius 1 is 0.800 bits per heavy atom. The zero-order valence-corrected chi connectivity index (χ0v) is 19.7. The van der Waals surface area contributed by atoms with Gasteiger partial charge in [-0.25, -0.2) is 0 Å². The number of aliphatic imine (C=N–C) groups is 1. The topological polar surface area (TPSA) is 62.1 Å². The molecule has 0 aromatic heterocycles. The Hall–Kier alpha value is -1.71. The van der Waals surface area contributed by atoms with E-state index in [0.717, 1.165) is 25.7 Å². The van der Waals surface area contributed by atoms with E-state index in [4.69, 9.17) is 4.74 Å². The second-order valence-corrected chi connectivity index (χ2v) is 8.37. The monoisotopic (exact) mass is 419 g/mol. The molecule has 4 heteroatoms. The summed E-state index contributed by atoms with van der Waals surface area (Å²) in [7, 11) is 1.53. The minimum absolute atomic E-state index is 0.0501. The highest BCUT2D eigenvalue weighted by Gasteiger charge is 2.17. The third-order valence-electron chi connectivity index (χ3n) is 5.71. The highest BCUT2D eigenvalue weighted by molar-refractivity contribution is 5.71. The molecule has 1 aromatic carbocycles. The lowest BCUT2D eigenvalue weighted by Crippen LogP contribution is -1.95. The van der Waals surface area contributed by atoms with Crippen LogP contribution in [-0.2, 0) is 6.42 Å². The molecule has 0 saturated carbocycles. The van der Waals surface area contributed by atoms with Crippen LogP contribution < -0.4 is 4.74 Å². The molecule has 30 heavy (non-hydrogen) atoms. The normalized spacial score (nSPS) is 11.4. The Kier molecular flexibility index (Phi) is 14.9. The number of rotatable bonds is 18. The summed E-state index contributed by atoms with van der Waals surface area (Å²) in [4.78, 5) is 4.39. The van der Waals surface area contributed by atoms with Crippen LogP contribution in [0.2, 0.25) is 0 Å². The van der Waals surface area contributed by atoms with Crippen molar-refractivity contribution < 1.29 is 14.9 Å². The number of methoxy groups -OCH3 is 1. The molecule has 4 nitrogen and oxygen atoms in total. The molecule has 0 bridgehead atoms. The summed E-state index contributed by atoms with van der Waals surface area (Å²) in [6, 6.07) is 1.49. The summed E-state index contributed by atoms with van der Waals surface area (Å²) in [5.74, 6) is 0.571. The Bertz CT molecular complexity index is 598. The zero-order chi connectivity index (χ0) is 22.0. The van der Waals surface area contributed by atoms with Gasteiger partial charge in [-0.2, -0.15) is 0 Å². The molecule has 2 N–H and O–H groups in total. The van der Waals surface area contributed by atoms with Crippen molar-refractivity contribution in [2.45, 2.75) is 117 Å². The number of phenols is 2. The van der Waals surface area contributed by atoms with Gasteiger partial charge in [0.2, 0.25) is 0 Å². The summed E-state index contributed by atoms with van der Waals surface area (Å²) < 4.78 is 5.36. The van der Waals surface area contributed by atoms with Gasteiger partial charge in [0.25, 0.3) is 0 Å². The SMILES string of the molecule is CCCCCC=Nc1cc(O)c(OC)c(CCCCCCCCCCCCC)c1O. The van der Waals surface area contributed by atoms with E-state index in [1.165, 1.54) is 83.8 Å². The van der Waals surface area contributed by atoms with E-state index in [1.807, 2.05) is 6.21 Å². The number of aromatic hydroxyl groups is 2. The van der Waals surface area contributed by atoms with Crippen LogP contribution in [0.1, 0.15) is 116 Å². The fourth-order valence-electron chi connectivity index (χ4n) is 3.85. The third-order valence-corrected chi connectivity index (χ3v) is 5.71. The Morgan fingerprint density at radius 2 is 1.33 bits per heavy atom. The molecule has 0 aliphatic rings. The van der Waals surface area contributed by atoms with Crippen molar-refractivity contribution >= 4 is 11.9 Å². The summed E-state index contributed by atoms with van der Waals surface area (Å²) in [5, 5.41) is 21.0. The predicted octanol–water partition coefficient (Wildman–Crippen LogP) is 8.24. The van der Waals surface area contributed by atoms with Gasteiger partial charge in [-0.3, -0.25) is 4.99 Å². The van der Waals surface area contributed by atoms with Gasteiger partial charge in [-0.1, -0.05) is 90.9 Å². The van der Waals surface area contributed by atoms with Gasteiger partial charge in [-0.05, 0) is 25.7 Å². The molecular formula is C26H45NO3. The van der Waals surface area contributed by atoms with Crippen LogP contribution in [0, 0.1) is 0 Å². The Balaban J connectivity index is 2.44. The highest BCUT2D eigenvalue weighted by Crippen LogP contribution is 2.44. The highest BCUT2D eigenvalue weighted by atomic mass is 16.5. The fourth-order valence-corrected chi connectivity index (χ4v) is 3.85. The van der Waals surface area contributed by atoms with Crippen LogP contribution in [0.25, 0.3) is 0 Å². The van der Waals surface area contributed by atoms with Crippen LogP contribution in [0.4, 0.5) is 5.69 Å². The first-order chi connectivity index (χ1) is 14.7. The molecule has 1 aromatic rings. The molecule has 0 aliphatic carbocycles. The van der Waals surface area contributed by atoms with Gasteiger partial charge in [0.15, 0.2) is 11.5 Å². The van der Waals surface area contributed by atoms with E-state index >= 15 is 0 Å². The molecule has 0 heterocycles. The Labute approximate surface area is 184 Å². The maximum Gasteiger partial charge on any atom is 0.167 e. The van der Waals surface area contributed by atoms with Crippen LogP contribution in [0.5, 0.6) is 17.2 Å². The van der Waals surface area contributed by atoms with Crippen molar-refractivity contribution in [2.75, 3.05) is 7.11 Å². The van der Waals surface area contributed by atoms with Crippen molar-refractivity contribution in [1.82, 2.24) is 0 Å². The lowest BCUT2D eigenvalue weighted by molar-refractivity contribution is 0.362. The predicted molar refractivity (Wildman–Crippen MR) is 129 cm³/mol. The van der Waals surface area contributed by atoms with Gasteiger partial charge >= 0.3 is 0 Å². The van der Waals surface area contributed by atoms with Crippen molar-refractivity contribution in [3.63, 3.8) is 0 Å². The van der Waals surface area contributed by atoms with Crippen molar-refractivity contribution in [1.29, 1.82) is 0 Å². The van der Waals surface area contributed by atoms with E-state index in [-0.39, 0.29) is 11.5 Å². The third kappa shape index (κ3) is 10.4. The van der Waals surface area contributed by atoms with Crippen LogP contribution in [-0.4, -0.2) is 23.5 Å². The number of benzene rings is 1. The summed E-state index contributed by atoms with van der Waals surface area (Å²) in [5.41, 5.74) is 1.11. The maximum atomic E-state index is 10.7. The molecule has 0 fully saturated rings. The Morgan fingerprint density at radius 3 is 1.90 bits per heavy atom. The largest absolute Gasteiger partial charge is 0.505 e. The molecule has 0 atom stereocenters. The number of hydrogen-bond donors (Lipinski definition) is 2. The minimum Gasteiger partial charge on any atom is -0.505 e. The van der Waals surface area contributed by atoms with E-state index in [1.54, 1.807) is 0 Å². The standard InChI is InChI=1S/C26H45NO3/c1-4-6-8-10-11-12-13-14-15-16-17-19-22-25(29)23(21-24(28)26(22)30-3)27-20-18-9-7-5-2/h20-21,28-29H,4-19H2,1-3H3. The van der Waals surface area contributed by atoms with Crippen molar-refractivity contribution in [3.05, 3.63) is 11.6 Å². The second-order valence-electron chi connectivity index (χ2n) is 8.37. The molecule has 0 unspecified atom stereocenters. The number of ether oxygens (including phenoxy) is 1. The molecule has 0 aliphatic heterocycles. The summed E-state index contributed by atoms with van der Waals surface area (Å²) in [6.45, 7) is 4.43. The van der Waals surface area contributed by atoms with Crippen LogP contribution >= 0.6 is 0 Å². The molecule has 1 rings (SSSR count). The van der Waals surface area contributed by atoms with Gasteiger partial charge in [0.1, 0.15) is 11.4 Å². The first-order valence-electron chi connectivity index (χ1n) is 12.3. The molecule has 172 valence electrons. The molecule has 0 radical (unpaired) electrons. The lowest BCUT2D eigenvalue weighted by Gasteiger charge is -2.14.